The van der Waals surface area contributed by atoms with Gasteiger partial charge in [0.05, 0.1) is 0 Å². The summed E-state index contributed by atoms with van der Waals surface area (Å²) in [5.41, 5.74) is 3.64. The summed E-state index contributed by atoms with van der Waals surface area (Å²) in [6.07, 6.45) is 0. The van der Waals surface area contributed by atoms with Crippen molar-refractivity contribution < 1.29 is 0 Å². The molecule has 1 aromatic heterocycles. The average molecular weight is 309 g/mol. The molecule has 112 valence electrons. The molecule has 0 aliphatic carbocycles. The van der Waals surface area contributed by atoms with E-state index in [4.69, 9.17) is 0 Å². The van der Waals surface area contributed by atoms with Crippen LogP contribution in [0.3, 0.4) is 0 Å². The maximum atomic E-state index is 4.36. The number of aryl methyl sites for hydroxylation is 1. The van der Waals surface area contributed by atoms with Crippen LogP contribution in [0.4, 0.5) is 0 Å². The van der Waals surface area contributed by atoms with Crippen molar-refractivity contribution in [1.29, 1.82) is 0 Å². The molecule has 0 N–H and O–H groups in total. The Hall–Kier alpha value is -2.07. The molecule has 0 saturated carbocycles. The first kappa shape index (κ1) is 14.9. The van der Waals surface area contributed by atoms with Gasteiger partial charge in [-0.1, -0.05) is 71.9 Å². The summed E-state index contributed by atoms with van der Waals surface area (Å²) in [4.78, 5) is 0. The SMILES string of the molecule is Cc1ccc(-c2nnc(SC(C)c3ccccc3)n2C)cc1. The Bertz CT molecular complexity index is 748. The lowest BCUT2D eigenvalue weighted by molar-refractivity contribution is 0.790. The first-order chi connectivity index (χ1) is 10.6. The molecular weight excluding hydrogens is 290 g/mol. The van der Waals surface area contributed by atoms with Gasteiger partial charge in [0.2, 0.25) is 0 Å². The van der Waals surface area contributed by atoms with E-state index in [-0.39, 0.29) is 0 Å². The molecule has 0 aliphatic heterocycles. The third kappa shape index (κ3) is 3.07. The molecule has 0 bridgehead atoms. The molecule has 0 aliphatic rings. The fourth-order valence-corrected chi connectivity index (χ4v) is 3.26. The summed E-state index contributed by atoms with van der Waals surface area (Å²) in [6, 6.07) is 18.9. The zero-order chi connectivity index (χ0) is 15.5. The Morgan fingerprint density at radius 2 is 1.64 bits per heavy atom. The van der Waals surface area contributed by atoms with E-state index in [9.17, 15) is 0 Å². The summed E-state index contributed by atoms with van der Waals surface area (Å²) < 4.78 is 2.06. The summed E-state index contributed by atoms with van der Waals surface area (Å²) in [6.45, 7) is 4.28. The van der Waals surface area contributed by atoms with Gasteiger partial charge in [-0.05, 0) is 19.4 Å². The van der Waals surface area contributed by atoms with Crippen molar-refractivity contribution in [3.05, 3.63) is 65.7 Å². The summed E-state index contributed by atoms with van der Waals surface area (Å²) >= 11 is 1.73. The quantitative estimate of drug-likeness (QED) is 0.658. The Kier molecular flexibility index (Phi) is 4.29. The molecule has 0 amide bonds. The smallest absolute Gasteiger partial charge is 0.191 e. The minimum atomic E-state index is 0.343. The third-order valence-corrected chi connectivity index (χ3v) is 4.89. The number of aromatic nitrogens is 3. The van der Waals surface area contributed by atoms with E-state index in [2.05, 4.69) is 77.1 Å². The van der Waals surface area contributed by atoms with Crippen molar-refractivity contribution in [3.8, 4) is 11.4 Å². The van der Waals surface area contributed by atoms with Crippen molar-refractivity contribution >= 4 is 11.8 Å². The predicted molar refractivity (Wildman–Crippen MR) is 91.9 cm³/mol. The third-order valence-electron chi connectivity index (χ3n) is 3.70. The van der Waals surface area contributed by atoms with Gasteiger partial charge >= 0.3 is 0 Å². The highest BCUT2D eigenvalue weighted by molar-refractivity contribution is 7.99. The molecule has 0 radical (unpaired) electrons. The van der Waals surface area contributed by atoms with Crippen LogP contribution in [0.1, 0.15) is 23.3 Å². The fraction of sp³-hybridized carbons (Fsp3) is 0.222. The van der Waals surface area contributed by atoms with E-state index in [0.717, 1.165) is 16.5 Å². The number of hydrogen-bond acceptors (Lipinski definition) is 3. The first-order valence-corrected chi connectivity index (χ1v) is 8.21. The fourth-order valence-electron chi connectivity index (χ4n) is 2.32. The van der Waals surface area contributed by atoms with Crippen LogP contribution in [0.15, 0.2) is 59.8 Å². The van der Waals surface area contributed by atoms with Crippen molar-refractivity contribution in [2.45, 2.75) is 24.3 Å². The van der Waals surface area contributed by atoms with E-state index in [1.54, 1.807) is 11.8 Å². The van der Waals surface area contributed by atoms with Crippen molar-refractivity contribution in [3.63, 3.8) is 0 Å². The van der Waals surface area contributed by atoms with Crippen LogP contribution in [0, 0.1) is 6.92 Å². The summed E-state index contributed by atoms with van der Waals surface area (Å²) in [5.74, 6) is 0.905. The molecule has 1 unspecified atom stereocenters. The lowest BCUT2D eigenvalue weighted by Gasteiger charge is -2.11. The lowest BCUT2D eigenvalue weighted by atomic mass is 10.1. The van der Waals surface area contributed by atoms with E-state index >= 15 is 0 Å². The van der Waals surface area contributed by atoms with Crippen LogP contribution in [-0.2, 0) is 7.05 Å². The maximum absolute atomic E-state index is 4.36. The van der Waals surface area contributed by atoms with Gasteiger partial charge in [0.15, 0.2) is 11.0 Å². The van der Waals surface area contributed by atoms with Crippen LogP contribution >= 0.6 is 11.8 Å². The normalized spacial score (nSPS) is 12.3. The molecule has 3 rings (SSSR count). The van der Waals surface area contributed by atoms with Crippen molar-refractivity contribution in [2.24, 2.45) is 7.05 Å². The van der Waals surface area contributed by atoms with Gasteiger partial charge in [-0.2, -0.15) is 0 Å². The Morgan fingerprint density at radius 1 is 0.955 bits per heavy atom. The minimum Gasteiger partial charge on any atom is -0.305 e. The molecule has 2 aromatic carbocycles. The van der Waals surface area contributed by atoms with E-state index in [1.165, 1.54) is 11.1 Å². The van der Waals surface area contributed by atoms with Gasteiger partial charge < -0.3 is 4.57 Å². The van der Waals surface area contributed by atoms with Gasteiger partial charge in [-0.25, -0.2) is 0 Å². The first-order valence-electron chi connectivity index (χ1n) is 7.33. The lowest BCUT2D eigenvalue weighted by Crippen LogP contribution is -1.96. The topological polar surface area (TPSA) is 30.7 Å². The van der Waals surface area contributed by atoms with Gasteiger partial charge in [0.1, 0.15) is 0 Å². The predicted octanol–water partition coefficient (Wildman–Crippen LogP) is 4.64. The standard InChI is InChI=1S/C18H19N3S/c1-13-9-11-16(12-10-13)17-19-20-18(21(17)3)22-14(2)15-7-5-4-6-8-15/h4-12,14H,1-3H3. The molecular formula is C18H19N3S. The Balaban J connectivity index is 1.83. The van der Waals surface area contributed by atoms with Crippen LogP contribution in [0.5, 0.6) is 0 Å². The van der Waals surface area contributed by atoms with Gasteiger partial charge in [-0.3, -0.25) is 0 Å². The Morgan fingerprint density at radius 3 is 2.32 bits per heavy atom. The largest absolute Gasteiger partial charge is 0.305 e. The second-order valence-electron chi connectivity index (χ2n) is 5.40. The molecule has 22 heavy (non-hydrogen) atoms. The van der Waals surface area contributed by atoms with E-state index in [0.29, 0.717) is 5.25 Å². The molecule has 4 heteroatoms. The highest BCUT2D eigenvalue weighted by Crippen LogP contribution is 2.34. The molecule has 0 saturated heterocycles. The van der Waals surface area contributed by atoms with E-state index < -0.39 is 0 Å². The minimum absolute atomic E-state index is 0.343. The second-order valence-corrected chi connectivity index (χ2v) is 6.71. The summed E-state index contributed by atoms with van der Waals surface area (Å²) in [5, 5.41) is 9.99. The van der Waals surface area contributed by atoms with Gasteiger partial charge in [0.25, 0.3) is 0 Å². The average Bonchev–Trinajstić information content (AvgIpc) is 2.90. The van der Waals surface area contributed by atoms with Crippen molar-refractivity contribution in [1.82, 2.24) is 14.8 Å². The van der Waals surface area contributed by atoms with Crippen molar-refractivity contribution in [2.75, 3.05) is 0 Å². The molecule has 1 heterocycles. The van der Waals surface area contributed by atoms with Crippen LogP contribution in [-0.4, -0.2) is 14.8 Å². The maximum Gasteiger partial charge on any atom is 0.191 e. The second kappa shape index (κ2) is 6.36. The van der Waals surface area contributed by atoms with Gasteiger partial charge in [0, 0.05) is 17.9 Å². The molecule has 3 aromatic rings. The zero-order valence-electron chi connectivity index (χ0n) is 13.0. The number of nitrogens with zero attached hydrogens (tertiary/aromatic N) is 3. The number of hydrogen-bond donors (Lipinski definition) is 0. The number of rotatable bonds is 4. The molecule has 0 fully saturated rings. The van der Waals surface area contributed by atoms with Crippen LogP contribution < -0.4 is 0 Å². The summed E-state index contributed by atoms with van der Waals surface area (Å²) in [7, 11) is 2.02. The molecule has 0 spiro atoms. The van der Waals surface area contributed by atoms with Gasteiger partial charge in [-0.15, -0.1) is 10.2 Å². The molecule has 3 nitrogen and oxygen atoms in total. The molecule has 1 atom stereocenters. The Labute approximate surface area is 135 Å². The number of benzene rings is 2. The number of thioether (sulfide) groups is 1. The monoisotopic (exact) mass is 309 g/mol. The van der Waals surface area contributed by atoms with E-state index in [1.807, 2.05) is 13.1 Å². The van der Waals surface area contributed by atoms with Crippen LogP contribution in [0.2, 0.25) is 0 Å². The van der Waals surface area contributed by atoms with Crippen LogP contribution in [0.25, 0.3) is 11.4 Å². The zero-order valence-corrected chi connectivity index (χ0v) is 13.8. The highest BCUT2D eigenvalue weighted by atomic mass is 32.2. The highest BCUT2D eigenvalue weighted by Gasteiger charge is 2.15.